The Hall–Kier alpha value is -1.08. The number of halogens is 2. The van der Waals surface area contributed by atoms with Crippen LogP contribution in [0.5, 0.6) is 5.75 Å². The number of hydrogen-bond donors (Lipinski definition) is 3. The van der Waals surface area contributed by atoms with Crippen LogP contribution >= 0.6 is 31.9 Å². The molecule has 0 fully saturated rings. The highest BCUT2D eigenvalue weighted by Crippen LogP contribution is 2.33. The van der Waals surface area contributed by atoms with Crippen molar-refractivity contribution in [1.82, 2.24) is 0 Å². The Morgan fingerprint density at radius 3 is 1.69 bits per heavy atom. The van der Waals surface area contributed by atoms with Crippen LogP contribution < -0.4 is 0 Å². The Bertz CT molecular complexity index is 389. The molecule has 1 aromatic carbocycles. The second-order valence-corrected chi connectivity index (χ2v) is 4.32. The van der Waals surface area contributed by atoms with Crippen molar-refractivity contribution in [1.29, 1.82) is 0 Å². The number of benzene rings is 1. The molecule has 0 amide bonds. The van der Waals surface area contributed by atoms with E-state index >= 15 is 0 Å². The van der Waals surface area contributed by atoms with Gasteiger partial charge >= 0.3 is 5.97 Å². The fourth-order valence-electron chi connectivity index (χ4n) is 0.689. The number of aromatic hydroxyl groups is 1. The lowest BCUT2D eigenvalue weighted by Crippen LogP contribution is -1.95. The molecule has 0 aliphatic rings. The summed E-state index contributed by atoms with van der Waals surface area (Å²) in [4.78, 5) is 19.5. The first-order valence-electron chi connectivity index (χ1n) is 3.86. The molecule has 7 heteroatoms. The number of hydrogen-bond acceptors (Lipinski definition) is 3. The first-order chi connectivity index (χ1) is 7.25. The van der Waals surface area contributed by atoms with Crippen LogP contribution in [0.15, 0.2) is 21.1 Å². The molecule has 88 valence electrons. The molecule has 1 rings (SSSR count). The lowest BCUT2D eigenvalue weighted by atomic mass is 10.2. The number of phenols is 1. The van der Waals surface area contributed by atoms with Crippen molar-refractivity contribution in [2.45, 2.75) is 6.92 Å². The first-order valence-corrected chi connectivity index (χ1v) is 5.45. The summed E-state index contributed by atoms with van der Waals surface area (Å²) < 4.78 is 0.712. The second-order valence-electron chi connectivity index (χ2n) is 2.61. The molecule has 0 atom stereocenters. The van der Waals surface area contributed by atoms with Crippen LogP contribution in [-0.2, 0) is 4.79 Å². The summed E-state index contributed by atoms with van der Waals surface area (Å²) in [5.41, 5.74) is 0.117. The highest BCUT2D eigenvalue weighted by molar-refractivity contribution is 9.11. The van der Waals surface area contributed by atoms with Gasteiger partial charge in [0.05, 0.1) is 14.5 Å². The normalized spacial score (nSPS) is 8.94. The SMILES string of the molecule is CC(=O)O.O=C(O)c1cc(Br)c(O)c(Br)c1. The number of phenolic OH excluding ortho intramolecular Hbond substituents is 1. The van der Waals surface area contributed by atoms with E-state index in [-0.39, 0.29) is 11.3 Å². The van der Waals surface area contributed by atoms with Crippen LogP contribution in [0.25, 0.3) is 0 Å². The van der Waals surface area contributed by atoms with Crippen LogP contribution in [0.1, 0.15) is 17.3 Å². The first kappa shape index (κ1) is 14.9. The summed E-state index contributed by atoms with van der Waals surface area (Å²) in [5.74, 6) is -1.86. The van der Waals surface area contributed by atoms with Gasteiger partial charge in [-0.2, -0.15) is 0 Å². The van der Waals surface area contributed by atoms with E-state index in [1.807, 2.05) is 0 Å². The van der Waals surface area contributed by atoms with E-state index in [1.165, 1.54) is 12.1 Å². The molecule has 0 aliphatic heterocycles. The van der Waals surface area contributed by atoms with Gasteiger partial charge in [0.15, 0.2) is 0 Å². The van der Waals surface area contributed by atoms with Gasteiger partial charge in [0.1, 0.15) is 5.75 Å². The summed E-state index contributed by atoms with van der Waals surface area (Å²) in [7, 11) is 0. The zero-order valence-electron chi connectivity index (χ0n) is 8.07. The molecule has 0 spiro atoms. The van der Waals surface area contributed by atoms with Crippen molar-refractivity contribution in [2.75, 3.05) is 0 Å². The van der Waals surface area contributed by atoms with E-state index in [2.05, 4.69) is 31.9 Å². The van der Waals surface area contributed by atoms with Crippen molar-refractivity contribution in [2.24, 2.45) is 0 Å². The van der Waals surface area contributed by atoms with Gasteiger partial charge in [-0.1, -0.05) is 0 Å². The van der Waals surface area contributed by atoms with Crippen molar-refractivity contribution in [3.63, 3.8) is 0 Å². The largest absolute Gasteiger partial charge is 0.506 e. The number of carboxylic acid groups (broad SMARTS) is 2. The molecule has 5 nitrogen and oxygen atoms in total. The molecule has 0 radical (unpaired) electrons. The summed E-state index contributed by atoms with van der Waals surface area (Å²) in [5, 5.41) is 25.2. The maximum Gasteiger partial charge on any atom is 0.335 e. The minimum Gasteiger partial charge on any atom is -0.506 e. The smallest absolute Gasteiger partial charge is 0.335 e. The highest BCUT2D eigenvalue weighted by Gasteiger charge is 2.09. The van der Waals surface area contributed by atoms with Gasteiger partial charge in [-0.05, 0) is 44.0 Å². The van der Waals surface area contributed by atoms with Crippen molar-refractivity contribution >= 4 is 43.8 Å². The van der Waals surface area contributed by atoms with E-state index in [1.54, 1.807) is 0 Å². The minimum absolute atomic E-state index is 0.000000000000000222. The van der Waals surface area contributed by atoms with Gasteiger partial charge in [0.2, 0.25) is 0 Å². The molecule has 0 aromatic heterocycles. The predicted octanol–water partition coefficient (Wildman–Crippen LogP) is 2.71. The van der Waals surface area contributed by atoms with Gasteiger partial charge in [-0.25, -0.2) is 4.79 Å². The van der Waals surface area contributed by atoms with Crippen LogP contribution in [0.4, 0.5) is 0 Å². The molecule has 3 N–H and O–H groups in total. The molecule has 16 heavy (non-hydrogen) atoms. The second kappa shape index (κ2) is 6.49. The fourth-order valence-corrected chi connectivity index (χ4v) is 1.88. The van der Waals surface area contributed by atoms with Crippen LogP contribution in [0, 0.1) is 0 Å². The van der Waals surface area contributed by atoms with E-state index in [9.17, 15) is 9.90 Å². The number of rotatable bonds is 1. The summed E-state index contributed by atoms with van der Waals surface area (Å²) in [6.07, 6.45) is 0. The van der Waals surface area contributed by atoms with Crippen molar-refractivity contribution in [3.8, 4) is 5.75 Å². The molecule has 0 unspecified atom stereocenters. The third kappa shape index (κ3) is 5.13. The third-order valence-electron chi connectivity index (χ3n) is 1.26. The van der Waals surface area contributed by atoms with Gasteiger partial charge in [-0.15, -0.1) is 0 Å². The Balaban J connectivity index is 0.000000487. The molecule has 0 heterocycles. The number of carboxylic acids is 2. The number of carbonyl (C=O) groups is 2. The van der Waals surface area contributed by atoms with Gasteiger partial charge in [0.25, 0.3) is 5.97 Å². The summed E-state index contributed by atoms with van der Waals surface area (Å²) in [6, 6.07) is 2.67. The van der Waals surface area contributed by atoms with Gasteiger partial charge in [-0.3, -0.25) is 4.79 Å². The van der Waals surface area contributed by atoms with E-state index in [0.29, 0.717) is 8.95 Å². The third-order valence-corrected chi connectivity index (χ3v) is 2.47. The van der Waals surface area contributed by atoms with E-state index < -0.39 is 11.9 Å². The maximum absolute atomic E-state index is 10.5. The molecule has 0 saturated carbocycles. The standard InChI is InChI=1S/C7H4Br2O3.C2H4O2/c8-4-1-3(7(11)12)2-5(9)6(4)10;1-2(3)4/h1-2,10H,(H,11,12);1H3,(H,3,4). The minimum atomic E-state index is -1.03. The zero-order chi connectivity index (χ0) is 12.9. The number of aromatic carboxylic acids is 1. The fraction of sp³-hybridized carbons (Fsp3) is 0.111. The molecule has 0 aliphatic carbocycles. The topological polar surface area (TPSA) is 94.8 Å². The van der Waals surface area contributed by atoms with Gasteiger partial charge < -0.3 is 15.3 Å². The van der Waals surface area contributed by atoms with Crippen molar-refractivity contribution in [3.05, 3.63) is 26.6 Å². The summed E-state index contributed by atoms with van der Waals surface area (Å²) in [6.45, 7) is 1.08. The quantitative estimate of drug-likeness (QED) is 0.719. The molecular weight excluding hydrogens is 348 g/mol. The number of aliphatic carboxylic acids is 1. The van der Waals surface area contributed by atoms with E-state index in [0.717, 1.165) is 6.92 Å². The van der Waals surface area contributed by atoms with Crippen LogP contribution in [-0.4, -0.2) is 27.3 Å². The Kier molecular flexibility index (Phi) is 6.05. The molecule has 0 saturated heterocycles. The maximum atomic E-state index is 10.5. The predicted molar refractivity (Wildman–Crippen MR) is 63.8 cm³/mol. The highest BCUT2D eigenvalue weighted by atomic mass is 79.9. The van der Waals surface area contributed by atoms with E-state index in [4.69, 9.17) is 15.0 Å². The lowest BCUT2D eigenvalue weighted by molar-refractivity contribution is -0.134. The summed E-state index contributed by atoms with van der Waals surface area (Å²) >= 11 is 6.04. The van der Waals surface area contributed by atoms with Gasteiger partial charge in [0, 0.05) is 6.92 Å². The molecular formula is C9H8Br2O5. The van der Waals surface area contributed by atoms with Crippen LogP contribution in [0.3, 0.4) is 0 Å². The average Bonchev–Trinajstić information content (AvgIpc) is 2.12. The molecule has 0 bridgehead atoms. The Labute approximate surface area is 108 Å². The van der Waals surface area contributed by atoms with Crippen LogP contribution in [0.2, 0.25) is 0 Å². The lowest BCUT2D eigenvalue weighted by Gasteiger charge is -2.01. The average molecular weight is 356 g/mol. The Morgan fingerprint density at radius 2 is 1.44 bits per heavy atom. The monoisotopic (exact) mass is 354 g/mol. The molecule has 1 aromatic rings. The Morgan fingerprint density at radius 1 is 1.12 bits per heavy atom. The van der Waals surface area contributed by atoms with Crippen molar-refractivity contribution < 1.29 is 24.9 Å². The zero-order valence-corrected chi connectivity index (χ0v) is 11.2.